The molecule has 1 N–H and O–H groups in total. The molecule has 0 radical (unpaired) electrons. The third-order valence-electron chi connectivity index (χ3n) is 0.590. The minimum Gasteiger partial charge on any atom is -1.00 e. The van der Waals surface area contributed by atoms with E-state index in [-0.39, 0.29) is 65.2 Å². The summed E-state index contributed by atoms with van der Waals surface area (Å²) >= 11 is -2.73. The molecular weight excluding hydrogens is 244 g/mol. The average Bonchev–Trinajstić information content (AvgIpc) is 1.82. The van der Waals surface area contributed by atoms with E-state index in [1.54, 1.807) is 5.48 Å². The molecule has 0 aliphatic heterocycles. The summed E-state index contributed by atoms with van der Waals surface area (Å²) in [4.78, 5) is 10.4. The molecule has 0 saturated heterocycles. The van der Waals surface area contributed by atoms with Gasteiger partial charge in [-0.2, -0.15) is 4.28 Å². The standard InChI is InChI=1S/C4H7NO4S.Rb.H/c1-3(2)4(6)5-9-10(7)8;;/h1H2,2H3,(H,5,6)(H,7,8);;/q;+1;-1/p-1. The number of hydroxylamine groups is 1. The third kappa shape index (κ3) is 9.00. The zero-order valence-electron chi connectivity index (χ0n) is 7.25. The first-order valence-corrected chi connectivity index (χ1v) is 3.26. The number of rotatable bonds is 3. The Balaban J connectivity index is -0.000000405. The minimum absolute atomic E-state index is 0. The molecule has 0 heterocycles. The molecule has 11 heavy (non-hydrogen) atoms. The van der Waals surface area contributed by atoms with E-state index in [9.17, 15) is 13.6 Å². The van der Waals surface area contributed by atoms with Crippen LogP contribution in [0.1, 0.15) is 8.35 Å². The fraction of sp³-hybridized carbons (Fsp3) is 0.250. The van der Waals surface area contributed by atoms with Crippen LogP contribution in [0.2, 0.25) is 0 Å². The third-order valence-corrected chi connectivity index (χ3v) is 0.809. The Hall–Kier alpha value is 1.09. The SMILES string of the molecule is C=C(C)C(=O)NOS(=O)[O-].[H-].[Rb+]. The van der Waals surface area contributed by atoms with Gasteiger partial charge < -0.3 is 5.98 Å². The van der Waals surface area contributed by atoms with Gasteiger partial charge in [0.15, 0.2) is 0 Å². The van der Waals surface area contributed by atoms with Gasteiger partial charge in [-0.3, -0.25) is 4.79 Å². The van der Waals surface area contributed by atoms with E-state index in [2.05, 4.69) is 10.9 Å². The molecule has 0 aromatic carbocycles. The Morgan fingerprint density at radius 1 is 1.82 bits per heavy atom. The number of carbonyl (C=O) groups is 1. The van der Waals surface area contributed by atoms with Crippen LogP contribution in [0.4, 0.5) is 0 Å². The van der Waals surface area contributed by atoms with E-state index in [0.29, 0.717) is 0 Å². The van der Waals surface area contributed by atoms with E-state index in [4.69, 9.17) is 0 Å². The summed E-state index contributed by atoms with van der Waals surface area (Å²) in [6.07, 6.45) is 0. The summed E-state index contributed by atoms with van der Waals surface area (Å²) in [7, 11) is 0. The maximum Gasteiger partial charge on any atom is 1.00 e. The fourth-order valence-electron chi connectivity index (χ4n) is 0.159. The summed E-state index contributed by atoms with van der Waals surface area (Å²) in [6, 6.07) is 0. The van der Waals surface area contributed by atoms with Crippen molar-refractivity contribution in [2.75, 3.05) is 0 Å². The van der Waals surface area contributed by atoms with Gasteiger partial charge in [0.1, 0.15) is 11.4 Å². The van der Waals surface area contributed by atoms with Crippen molar-refractivity contribution in [3.8, 4) is 0 Å². The van der Waals surface area contributed by atoms with Crippen molar-refractivity contribution in [2.45, 2.75) is 6.92 Å². The second-order valence-corrected chi connectivity index (χ2v) is 2.07. The minimum atomic E-state index is -2.73. The fourth-order valence-corrected chi connectivity index (χ4v) is 0.303. The molecule has 0 spiro atoms. The predicted molar refractivity (Wildman–Crippen MR) is 34.1 cm³/mol. The van der Waals surface area contributed by atoms with Crippen molar-refractivity contribution in [2.24, 2.45) is 0 Å². The van der Waals surface area contributed by atoms with Gasteiger partial charge in [-0.05, 0) is 6.92 Å². The van der Waals surface area contributed by atoms with E-state index in [0.717, 1.165) is 0 Å². The van der Waals surface area contributed by atoms with Gasteiger partial charge in [-0.25, -0.2) is 9.69 Å². The molecule has 0 aliphatic rings. The first-order chi connectivity index (χ1) is 4.54. The van der Waals surface area contributed by atoms with Crippen molar-refractivity contribution in [1.82, 2.24) is 5.48 Å². The average molecular weight is 251 g/mol. The maximum atomic E-state index is 10.4. The Kier molecular flexibility index (Phi) is 10.2. The van der Waals surface area contributed by atoms with Crippen LogP contribution in [-0.4, -0.2) is 14.7 Å². The van der Waals surface area contributed by atoms with Gasteiger partial charge in [0, 0.05) is 5.57 Å². The van der Waals surface area contributed by atoms with E-state index in [1.807, 2.05) is 0 Å². The van der Waals surface area contributed by atoms with Crippen LogP contribution in [-0.2, 0) is 20.4 Å². The maximum absolute atomic E-state index is 10.4. The van der Waals surface area contributed by atoms with Crippen LogP contribution in [0, 0.1) is 0 Å². The van der Waals surface area contributed by atoms with E-state index >= 15 is 0 Å². The molecule has 0 aromatic rings. The molecule has 0 aliphatic carbocycles. The van der Waals surface area contributed by atoms with Gasteiger partial charge in [0.05, 0.1) is 0 Å². The zero-order valence-corrected chi connectivity index (χ0v) is 12.0. The molecule has 0 bridgehead atoms. The number of hydrogen-bond donors (Lipinski definition) is 1. The van der Waals surface area contributed by atoms with Crippen molar-refractivity contribution < 1.29 is 77.5 Å². The number of carbonyl (C=O) groups excluding carboxylic acids is 1. The molecule has 1 amide bonds. The van der Waals surface area contributed by atoms with Crippen molar-refractivity contribution in [3.63, 3.8) is 0 Å². The second kappa shape index (κ2) is 7.72. The van der Waals surface area contributed by atoms with Gasteiger partial charge >= 0.3 is 58.2 Å². The van der Waals surface area contributed by atoms with Crippen LogP contribution in [0.3, 0.4) is 0 Å². The van der Waals surface area contributed by atoms with Crippen molar-refractivity contribution in [3.05, 3.63) is 12.2 Å². The first-order valence-electron chi connectivity index (χ1n) is 2.26. The van der Waals surface area contributed by atoms with Crippen LogP contribution in [0.15, 0.2) is 12.2 Å². The van der Waals surface area contributed by atoms with Crippen LogP contribution in [0.25, 0.3) is 0 Å². The molecule has 0 aromatic heterocycles. The molecule has 60 valence electrons. The molecule has 0 fully saturated rings. The van der Waals surface area contributed by atoms with Gasteiger partial charge in [-0.1, -0.05) is 6.58 Å². The van der Waals surface area contributed by atoms with Gasteiger partial charge in [0.2, 0.25) is 0 Å². The van der Waals surface area contributed by atoms with Gasteiger partial charge in [0.25, 0.3) is 5.91 Å². The molecular formula is C4H7NO4RbS-. The zero-order chi connectivity index (χ0) is 8.15. The largest absolute Gasteiger partial charge is 1.00 e. The molecule has 1 unspecified atom stereocenters. The first kappa shape index (κ1) is 14.6. The summed E-state index contributed by atoms with van der Waals surface area (Å²) < 4.78 is 23.0. The number of nitrogens with one attached hydrogen (secondary N) is 1. The molecule has 0 rings (SSSR count). The van der Waals surface area contributed by atoms with Crippen LogP contribution in [0.5, 0.6) is 0 Å². The van der Waals surface area contributed by atoms with Crippen LogP contribution < -0.4 is 63.7 Å². The summed E-state index contributed by atoms with van der Waals surface area (Å²) in [5.41, 5.74) is 1.80. The Labute approximate surface area is 117 Å². The molecule has 1 atom stereocenters. The van der Waals surface area contributed by atoms with Crippen molar-refractivity contribution >= 4 is 17.3 Å². The van der Waals surface area contributed by atoms with Gasteiger partial charge in [-0.15, -0.1) is 0 Å². The molecule has 5 nitrogen and oxygen atoms in total. The summed E-state index contributed by atoms with van der Waals surface area (Å²) in [5.74, 6) is -0.663. The van der Waals surface area contributed by atoms with Crippen molar-refractivity contribution in [1.29, 1.82) is 0 Å². The van der Waals surface area contributed by atoms with E-state index < -0.39 is 17.3 Å². The topological polar surface area (TPSA) is 78.5 Å². The second-order valence-electron chi connectivity index (χ2n) is 1.50. The predicted octanol–water partition coefficient (Wildman–Crippen LogP) is -3.48. The van der Waals surface area contributed by atoms with E-state index in [1.165, 1.54) is 6.92 Å². The molecule has 0 saturated carbocycles. The normalized spacial score (nSPS) is 11.1. The Bertz CT molecular complexity index is 188. The van der Waals surface area contributed by atoms with Crippen LogP contribution >= 0.6 is 0 Å². The Morgan fingerprint density at radius 2 is 2.27 bits per heavy atom. The molecule has 7 heteroatoms. The smallest absolute Gasteiger partial charge is 1.00 e. The Morgan fingerprint density at radius 3 is 2.55 bits per heavy atom. The monoisotopic (exact) mass is 250 g/mol. The number of amides is 1. The summed E-state index contributed by atoms with van der Waals surface area (Å²) in [6.45, 7) is 4.66. The quantitative estimate of drug-likeness (QED) is 0.321. The number of hydrogen-bond acceptors (Lipinski definition) is 4. The summed E-state index contributed by atoms with van der Waals surface area (Å²) in [5, 5.41) is 0.